The number of fused-ring (bicyclic) bond motifs is 1. The second-order valence-corrected chi connectivity index (χ2v) is 6.02. The minimum Gasteiger partial charge on any atom is -0.370 e. The summed E-state index contributed by atoms with van der Waals surface area (Å²) in [5.74, 6) is -0.0544. The number of carbonyl (C=O) groups excluding carboxylic acids is 1. The average Bonchev–Trinajstić information content (AvgIpc) is 2.70. The van der Waals surface area contributed by atoms with Crippen LogP contribution < -0.4 is 10.6 Å². The summed E-state index contributed by atoms with van der Waals surface area (Å²) in [6, 6.07) is 10.9. The fraction of sp³-hybridized carbons (Fsp3) is 0.133. The third-order valence-corrected chi connectivity index (χ3v) is 4.28. The third kappa shape index (κ3) is 2.30. The maximum atomic E-state index is 12.1. The van der Waals surface area contributed by atoms with Crippen molar-refractivity contribution in [1.82, 2.24) is 0 Å². The number of nitrogens with one attached hydrogen (secondary N) is 2. The number of halogens is 2. The van der Waals surface area contributed by atoms with Crippen LogP contribution in [0.2, 0.25) is 5.02 Å². The molecule has 2 aromatic rings. The standard InChI is InChI=1S/C15H12BrClN2O/c1-8-7-9(17)5-6-11(8)18-14-13-10(16)3-2-4-12(13)19-15(14)20/h2-7,14,18H,1H3,(H,19,20). The first kappa shape index (κ1) is 13.5. The minimum absolute atomic E-state index is 0.0544. The molecular formula is C15H12BrClN2O. The fourth-order valence-electron chi connectivity index (χ4n) is 2.36. The van der Waals surface area contributed by atoms with Gasteiger partial charge in [0.2, 0.25) is 0 Å². The second-order valence-electron chi connectivity index (χ2n) is 4.73. The molecule has 1 atom stereocenters. The number of anilines is 2. The summed E-state index contributed by atoms with van der Waals surface area (Å²) in [6.07, 6.45) is 0. The summed E-state index contributed by atoms with van der Waals surface area (Å²) in [5.41, 5.74) is 3.68. The molecule has 1 heterocycles. The largest absolute Gasteiger partial charge is 0.370 e. The number of carbonyl (C=O) groups is 1. The molecule has 1 aliphatic heterocycles. The zero-order chi connectivity index (χ0) is 14.3. The van der Waals surface area contributed by atoms with Crippen molar-refractivity contribution in [3.8, 4) is 0 Å². The molecule has 0 aromatic heterocycles. The first-order valence-corrected chi connectivity index (χ1v) is 7.35. The van der Waals surface area contributed by atoms with E-state index in [0.717, 1.165) is 27.0 Å². The number of amides is 1. The van der Waals surface area contributed by atoms with Crippen LogP contribution in [0.15, 0.2) is 40.9 Å². The fourth-order valence-corrected chi connectivity index (χ4v) is 3.18. The molecule has 1 amide bonds. The molecule has 1 aliphatic rings. The van der Waals surface area contributed by atoms with Gasteiger partial charge < -0.3 is 10.6 Å². The SMILES string of the molecule is Cc1cc(Cl)ccc1NC1C(=O)Nc2cccc(Br)c21. The Kier molecular flexibility index (Phi) is 3.44. The van der Waals surface area contributed by atoms with E-state index in [2.05, 4.69) is 26.6 Å². The lowest BCUT2D eigenvalue weighted by Crippen LogP contribution is -2.20. The molecule has 0 aliphatic carbocycles. The molecule has 0 bridgehead atoms. The van der Waals surface area contributed by atoms with Crippen LogP contribution in [0, 0.1) is 6.92 Å². The van der Waals surface area contributed by atoms with Crippen molar-refractivity contribution in [2.75, 3.05) is 10.6 Å². The molecule has 3 rings (SSSR count). The Bertz CT molecular complexity index is 702. The molecular weight excluding hydrogens is 340 g/mol. The monoisotopic (exact) mass is 350 g/mol. The molecule has 102 valence electrons. The van der Waals surface area contributed by atoms with Gasteiger partial charge in [-0.1, -0.05) is 33.6 Å². The van der Waals surface area contributed by atoms with E-state index >= 15 is 0 Å². The average molecular weight is 352 g/mol. The maximum Gasteiger partial charge on any atom is 0.251 e. The van der Waals surface area contributed by atoms with Gasteiger partial charge in [-0.05, 0) is 42.8 Å². The molecule has 20 heavy (non-hydrogen) atoms. The van der Waals surface area contributed by atoms with Crippen molar-refractivity contribution in [3.63, 3.8) is 0 Å². The Morgan fingerprint density at radius 1 is 1.30 bits per heavy atom. The van der Waals surface area contributed by atoms with Gasteiger partial charge in [0.05, 0.1) is 0 Å². The van der Waals surface area contributed by atoms with Gasteiger partial charge in [0, 0.05) is 26.4 Å². The van der Waals surface area contributed by atoms with Gasteiger partial charge in [-0.25, -0.2) is 0 Å². The van der Waals surface area contributed by atoms with Gasteiger partial charge in [0.15, 0.2) is 0 Å². The topological polar surface area (TPSA) is 41.1 Å². The van der Waals surface area contributed by atoms with Crippen molar-refractivity contribution in [2.24, 2.45) is 0 Å². The van der Waals surface area contributed by atoms with Gasteiger partial charge >= 0.3 is 0 Å². The van der Waals surface area contributed by atoms with E-state index in [4.69, 9.17) is 11.6 Å². The van der Waals surface area contributed by atoms with Crippen LogP contribution in [0.3, 0.4) is 0 Å². The third-order valence-electron chi connectivity index (χ3n) is 3.35. The summed E-state index contributed by atoms with van der Waals surface area (Å²) in [4.78, 5) is 12.1. The molecule has 0 radical (unpaired) electrons. The van der Waals surface area contributed by atoms with Gasteiger partial charge in [-0.3, -0.25) is 4.79 Å². The quantitative estimate of drug-likeness (QED) is 0.835. The van der Waals surface area contributed by atoms with Crippen LogP contribution in [0.25, 0.3) is 0 Å². The smallest absolute Gasteiger partial charge is 0.251 e. The highest BCUT2D eigenvalue weighted by molar-refractivity contribution is 9.10. The highest BCUT2D eigenvalue weighted by atomic mass is 79.9. The van der Waals surface area contributed by atoms with Crippen molar-refractivity contribution in [2.45, 2.75) is 13.0 Å². The summed E-state index contributed by atoms with van der Waals surface area (Å²) in [6.45, 7) is 1.96. The summed E-state index contributed by atoms with van der Waals surface area (Å²) >= 11 is 9.46. The number of rotatable bonds is 2. The van der Waals surface area contributed by atoms with E-state index < -0.39 is 6.04 Å². The lowest BCUT2D eigenvalue weighted by atomic mass is 10.1. The second kappa shape index (κ2) is 5.11. The molecule has 0 saturated carbocycles. The van der Waals surface area contributed by atoms with Crippen molar-refractivity contribution >= 4 is 44.8 Å². The molecule has 2 aromatic carbocycles. The Hall–Kier alpha value is -1.52. The number of hydrogen-bond donors (Lipinski definition) is 2. The van der Waals surface area contributed by atoms with Gasteiger partial charge in [0.1, 0.15) is 6.04 Å². The molecule has 5 heteroatoms. The Morgan fingerprint density at radius 2 is 2.10 bits per heavy atom. The van der Waals surface area contributed by atoms with E-state index in [-0.39, 0.29) is 5.91 Å². The van der Waals surface area contributed by atoms with E-state index in [0.29, 0.717) is 5.02 Å². The van der Waals surface area contributed by atoms with Crippen LogP contribution in [-0.4, -0.2) is 5.91 Å². The molecule has 0 spiro atoms. The van der Waals surface area contributed by atoms with Crippen LogP contribution >= 0.6 is 27.5 Å². The summed E-state index contributed by atoms with van der Waals surface area (Å²) in [5, 5.41) is 6.85. The van der Waals surface area contributed by atoms with E-state index in [1.54, 1.807) is 0 Å². The summed E-state index contributed by atoms with van der Waals surface area (Å²) < 4.78 is 0.914. The van der Waals surface area contributed by atoms with Crippen LogP contribution in [-0.2, 0) is 4.79 Å². The Morgan fingerprint density at radius 3 is 2.85 bits per heavy atom. The predicted octanol–water partition coefficient (Wildman–Crippen LogP) is 4.52. The molecule has 0 saturated heterocycles. The lowest BCUT2D eigenvalue weighted by molar-refractivity contribution is -0.116. The molecule has 0 fully saturated rings. The highest BCUT2D eigenvalue weighted by Gasteiger charge is 2.32. The predicted molar refractivity (Wildman–Crippen MR) is 85.3 cm³/mol. The molecule has 2 N–H and O–H groups in total. The van der Waals surface area contributed by atoms with E-state index in [9.17, 15) is 4.79 Å². The van der Waals surface area contributed by atoms with Crippen LogP contribution in [0.4, 0.5) is 11.4 Å². The number of benzene rings is 2. The number of aryl methyl sites for hydroxylation is 1. The van der Waals surface area contributed by atoms with E-state index in [1.807, 2.05) is 43.3 Å². The molecule has 3 nitrogen and oxygen atoms in total. The molecule has 1 unspecified atom stereocenters. The van der Waals surface area contributed by atoms with Gasteiger partial charge in [-0.2, -0.15) is 0 Å². The normalized spacial score (nSPS) is 16.8. The summed E-state index contributed by atoms with van der Waals surface area (Å²) in [7, 11) is 0. The number of hydrogen-bond acceptors (Lipinski definition) is 2. The first-order chi connectivity index (χ1) is 9.56. The highest BCUT2D eigenvalue weighted by Crippen LogP contribution is 2.38. The van der Waals surface area contributed by atoms with Crippen molar-refractivity contribution < 1.29 is 4.79 Å². The van der Waals surface area contributed by atoms with Crippen molar-refractivity contribution in [1.29, 1.82) is 0 Å². The Balaban J connectivity index is 1.98. The van der Waals surface area contributed by atoms with Crippen LogP contribution in [0.5, 0.6) is 0 Å². The van der Waals surface area contributed by atoms with E-state index in [1.165, 1.54) is 0 Å². The lowest BCUT2D eigenvalue weighted by Gasteiger charge is -2.16. The zero-order valence-corrected chi connectivity index (χ0v) is 13.0. The maximum absolute atomic E-state index is 12.1. The van der Waals surface area contributed by atoms with Gasteiger partial charge in [0.25, 0.3) is 5.91 Å². The zero-order valence-electron chi connectivity index (χ0n) is 10.7. The van der Waals surface area contributed by atoms with Crippen LogP contribution in [0.1, 0.15) is 17.2 Å². The van der Waals surface area contributed by atoms with Crippen molar-refractivity contribution in [3.05, 3.63) is 57.0 Å². The first-order valence-electron chi connectivity index (χ1n) is 6.18. The minimum atomic E-state index is -0.402. The van der Waals surface area contributed by atoms with Gasteiger partial charge in [-0.15, -0.1) is 0 Å². The Labute approximate surface area is 130 Å².